The Labute approximate surface area is 93.8 Å². The highest BCUT2D eigenvalue weighted by molar-refractivity contribution is 5.84. The number of nitriles is 2. The molecule has 0 aromatic heterocycles. The van der Waals surface area contributed by atoms with Gasteiger partial charge in [0.25, 0.3) is 0 Å². The van der Waals surface area contributed by atoms with E-state index in [0.717, 1.165) is 0 Å². The molecule has 6 nitrogen and oxygen atoms in total. The van der Waals surface area contributed by atoms with Gasteiger partial charge >= 0.3 is 0 Å². The molecule has 2 atom stereocenters. The standard InChI is InChI=1S/C10H14N4O2/c1-3-10(2,6(4-11)8(13)15)7(5-12)9(14)16/h6-7H,3H2,1-2H3,(H2,13,15)(H2,14,16). The normalized spacial score (nSPS) is 17.2. The molecule has 0 heterocycles. The van der Waals surface area contributed by atoms with E-state index in [1.165, 1.54) is 6.92 Å². The zero-order valence-corrected chi connectivity index (χ0v) is 9.23. The van der Waals surface area contributed by atoms with Gasteiger partial charge in [0.2, 0.25) is 11.8 Å². The van der Waals surface area contributed by atoms with Crippen LogP contribution in [0.2, 0.25) is 0 Å². The molecule has 4 N–H and O–H groups in total. The van der Waals surface area contributed by atoms with Gasteiger partial charge in [0, 0.05) is 5.41 Å². The maximum atomic E-state index is 11.1. The van der Waals surface area contributed by atoms with Gasteiger partial charge in [-0.05, 0) is 6.42 Å². The van der Waals surface area contributed by atoms with E-state index in [2.05, 4.69) is 0 Å². The lowest BCUT2D eigenvalue weighted by Gasteiger charge is -2.33. The molecule has 2 amide bonds. The fourth-order valence-electron chi connectivity index (χ4n) is 1.65. The third kappa shape index (κ3) is 2.29. The summed E-state index contributed by atoms with van der Waals surface area (Å²) in [6, 6.07) is 3.46. The van der Waals surface area contributed by atoms with Gasteiger partial charge in [0.1, 0.15) is 11.8 Å². The third-order valence-corrected chi connectivity index (χ3v) is 2.91. The predicted octanol–water partition coefficient (Wildman–Crippen LogP) is -0.347. The zero-order valence-electron chi connectivity index (χ0n) is 9.23. The second kappa shape index (κ2) is 5.13. The lowest BCUT2D eigenvalue weighted by molar-refractivity contribution is -0.129. The minimum atomic E-state index is -1.21. The molecular formula is C10H14N4O2. The Kier molecular flexibility index (Phi) is 4.46. The van der Waals surface area contributed by atoms with Gasteiger partial charge in [0.15, 0.2) is 0 Å². The first-order valence-electron chi connectivity index (χ1n) is 4.73. The zero-order chi connectivity index (χ0) is 12.9. The van der Waals surface area contributed by atoms with Crippen LogP contribution < -0.4 is 11.5 Å². The molecule has 0 aliphatic carbocycles. The van der Waals surface area contributed by atoms with Crippen LogP contribution in [-0.4, -0.2) is 11.8 Å². The number of carbonyl (C=O) groups excluding carboxylic acids is 2. The summed E-state index contributed by atoms with van der Waals surface area (Å²) in [6.45, 7) is 3.16. The van der Waals surface area contributed by atoms with Gasteiger partial charge in [-0.25, -0.2) is 0 Å². The second-order valence-electron chi connectivity index (χ2n) is 3.79. The Morgan fingerprint density at radius 3 is 1.62 bits per heavy atom. The summed E-state index contributed by atoms with van der Waals surface area (Å²) < 4.78 is 0. The van der Waals surface area contributed by atoms with Gasteiger partial charge in [-0.2, -0.15) is 10.5 Å². The number of nitrogens with zero attached hydrogens (tertiary/aromatic N) is 2. The number of nitrogens with two attached hydrogens (primary N) is 2. The molecule has 2 unspecified atom stereocenters. The first-order chi connectivity index (χ1) is 7.34. The van der Waals surface area contributed by atoms with Gasteiger partial charge < -0.3 is 11.5 Å². The van der Waals surface area contributed by atoms with Crippen molar-refractivity contribution in [3.05, 3.63) is 0 Å². The largest absolute Gasteiger partial charge is 0.369 e. The van der Waals surface area contributed by atoms with E-state index in [0.29, 0.717) is 0 Å². The van der Waals surface area contributed by atoms with E-state index < -0.39 is 29.1 Å². The maximum Gasteiger partial charge on any atom is 0.235 e. The molecule has 0 saturated heterocycles. The molecule has 0 spiro atoms. The highest BCUT2D eigenvalue weighted by Gasteiger charge is 2.46. The summed E-state index contributed by atoms with van der Waals surface area (Å²) >= 11 is 0. The molecule has 0 aliphatic heterocycles. The number of rotatable bonds is 5. The first-order valence-corrected chi connectivity index (χ1v) is 4.73. The number of carbonyl (C=O) groups is 2. The minimum absolute atomic E-state index is 0.273. The average molecular weight is 222 g/mol. The van der Waals surface area contributed by atoms with Crippen molar-refractivity contribution in [2.45, 2.75) is 20.3 Å². The molecule has 6 heteroatoms. The van der Waals surface area contributed by atoms with Crippen molar-refractivity contribution in [3.8, 4) is 12.1 Å². The summed E-state index contributed by atoms with van der Waals surface area (Å²) in [5, 5.41) is 17.8. The van der Waals surface area contributed by atoms with Gasteiger partial charge in [-0.15, -0.1) is 0 Å². The fourth-order valence-corrected chi connectivity index (χ4v) is 1.65. The molecule has 0 aromatic carbocycles. The number of hydrogen-bond donors (Lipinski definition) is 2. The molecule has 0 aromatic rings. The molecule has 0 saturated carbocycles. The van der Waals surface area contributed by atoms with E-state index in [-0.39, 0.29) is 6.42 Å². The lowest BCUT2D eigenvalue weighted by Crippen LogP contribution is -2.45. The van der Waals surface area contributed by atoms with Crippen LogP contribution in [0.15, 0.2) is 0 Å². The van der Waals surface area contributed by atoms with Gasteiger partial charge in [0.05, 0.1) is 12.1 Å². The monoisotopic (exact) mass is 222 g/mol. The Morgan fingerprint density at radius 1 is 1.19 bits per heavy atom. The Balaban J connectivity index is 5.51. The SMILES string of the molecule is CCC(C)(C(C#N)C(N)=O)C(C#N)C(N)=O. The molecular weight excluding hydrogens is 208 g/mol. The average Bonchev–Trinajstić information content (AvgIpc) is 2.18. The van der Waals surface area contributed by atoms with Crippen LogP contribution in [-0.2, 0) is 9.59 Å². The summed E-state index contributed by atoms with van der Waals surface area (Å²) in [4.78, 5) is 22.2. The van der Waals surface area contributed by atoms with Gasteiger partial charge in [-0.3, -0.25) is 9.59 Å². The first kappa shape index (κ1) is 13.9. The summed E-state index contributed by atoms with van der Waals surface area (Å²) in [5.74, 6) is -4.13. The van der Waals surface area contributed by atoms with Crippen LogP contribution in [0.25, 0.3) is 0 Å². The molecule has 0 radical (unpaired) electrons. The van der Waals surface area contributed by atoms with Gasteiger partial charge in [-0.1, -0.05) is 13.8 Å². The second-order valence-corrected chi connectivity index (χ2v) is 3.79. The van der Waals surface area contributed by atoms with Crippen LogP contribution >= 0.6 is 0 Å². The Bertz CT molecular complexity index is 345. The Hall–Kier alpha value is -2.08. The van der Waals surface area contributed by atoms with Crippen molar-refractivity contribution in [3.63, 3.8) is 0 Å². The van der Waals surface area contributed by atoms with E-state index in [1.807, 2.05) is 0 Å². The van der Waals surface area contributed by atoms with E-state index in [1.54, 1.807) is 19.1 Å². The van der Waals surface area contributed by atoms with Crippen molar-refractivity contribution in [1.29, 1.82) is 10.5 Å². The quantitative estimate of drug-likeness (QED) is 0.657. The van der Waals surface area contributed by atoms with Crippen molar-refractivity contribution >= 4 is 11.8 Å². The smallest absolute Gasteiger partial charge is 0.235 e. The highest BCUT2D eigenvalue weighted by Crippen LogP contribution is 2.38. The molecule has 0 bridgehead atoms. The third-order valence-electron chi connectivity index (χ3n) is 2.91. The molecule has 86 valence electrons. The van der Waals surface area contributed by atoms with E-state index >= 15 is 0 Å². The summed E-state index contributed by atoms with van der Waals surface area (Å²) in [7, 11) is 0. The molecule has 0 fully saturated rings. The summed E-state index contributed by atoms with van der Waals surface area (Å²) in [5.41, 5.74) is 9.01. The van der Waals surface area contributed by atoms with Crippen LogP contribution in [0.3, 0.4) is 0 Å². The van der Waals surface area contributed by atoms with Crippen molar-refractivity contribution < 1.29 is 9.59 Å². The minimum Gasteiger partial charge on any atom is -0.369 e. The van der Waals surface area contributed by atoms with Crippen molar-refractivity contribution in [2.24, 2.45) is 28.7 Å². The van der Waals surface area contributed by atoms with Crippen molar-refractivity contribution in [1.82, 2.24) is 0 Å². The Morgan fingerprint density at radius 2 is 1.50 bits per heavy atom. The van der Waals surface area contributed by atoms with E-state index in [4.69, 9.17) is 22.0 Å². The maximum absolute atomic E-state index is 11.1. The van der Waals surface area contributed by atoms with Crippen LogP contribution in [0.1, 0.15) is 20.3 Å². The fraction of sp³-hybridized carbons (Fsp3) is 0.600. The van der Waals surface area contributed by atoms with Crippen LogP contribution in [0, 0.1) is 39.9 Å². The van der Waals surface area contributed by atoms with E-state index in [9.17, 15) is 9.59 Å². The topological polar surface area (TPSA) is 134 Å². The van der Waals surface area contributed by atoms with Crippen LogP contribution in [0.5, 0.6) is 0 Å². The number of hydrogen-bond acceptors (Lipinski definition) is 4. The van der Waals surface area contributed by atoms with Crippen molar-refractivity contribution in [2.75, 3.05) is 0 Å². The number of primary amides is 2. The number of amides is 2. The lowest BCUT2D eigenvalue weighted by atomic mass is 9.66. The highest BCUT2D eigenvalue weighted by atomic mass is 16.1. The predicted molar refractivity (Wildman–Crippen MR) is 55.0 cm³/mol. The van der Waals surface area contributed by atoms with Crippen LogP contribution in [0.4, 0.5) is 0 Å². The molecule has 16 heavy (non-hydrogen) atoms. The summed E-state index contributed by atoms with van der Waals surface area (Å²) in [6.07, 6.45) is 0.273. The molecule has 0 aliphatic rings. The molecule has 0 rings (SSSR count).